The summed E-state index contributed by atoms with van der Waals surface area (Å²) in [4.78, 5) is 22.9. The molecule has 1 amide bonds. The second-order valence-corrected chi connectivity index (χ2v) is 6.84. The summed E-state index contributed by atoms with van der Waals surface area (Å²) in [6, 6.07) is 13.9. The molecule has 0 fully saturated rings. The number of nitrogens with one attached hydrogen (secondary N) is 1. The van der Waals surface area contributed by atoms with E-state index in [1.807, 2.05) is 31.2 Å². The van der Waals surface area contributed by atoms with Crippen LogP contribution in [0.5, 0.6) is 5.75 Å². The first-order chi connectivity index (χ1) is 14.5. The number of nitro groups is 1. The molecular weight excluding hydrogens is 386 g/mol. The molecule has 9 heteroatoms. The molecule has 0 saturated carbocycles. The van der Waals surface area contributed by atoms with Crippen molar-refractivity contribution in [3.05, 3.63) is 75.6 Å². The van der Waals surface area contributed by atoms with Crippen LogP contribution in [0.15, 0.2) is 48.5 Å². The maximum atomic E-state index is 12.4. The largest absolute Gasteiger partial charge is 0.494 e. The standard InChI is InChI=1S/C21H23N5O4/c1-15-8-10-19(11-9-15)30-13-4-3-12-22-21(27)20-16(2)25(24-23-20)17-6-5-7-18(14-17)26(28)29/h5-11,14H,3-4,12-13H2,1-2H3,(H,22,27). The lowest BCUT2D eigenvalue weighted by molar-refractivity contribution is -0.384. The Morgan fingerprint density at radius 1 is 1.17 bits per heavy atom. The Morgan fingerprint density at radius 2 is 1.93 bits per heavy atom. The molecule has 0 unspecified atom stereocenters. The van der Waals surface area contributed by atoms with Gasteiger partial charge in [-0.15, -0.1) is 5.10 Å². The molecular formula is C21H23N5O4. The minimum absolute atomic E-state index is 0.0544. The molecule has 0 saturated heterocycles. The average molecular weight is 409 g/mol. The number of aryl methyl sites for hydroxylation is 1. The zero-order valence-electron chi connectivity index (χ0n) is 16.9. The van der Waals surface area contributed by atoms with Crippen molar-refractivity contribution < 1.29 is 14.5 Å². The Hall–Kier alpha value is -3.75. The van der Waals surface area contributed by atoms with Crippen molar-refractivity contribution in [1.29, 1.82) is 0 Å². The summed E-state index contributed by atoms with van der Waals surface area (Å²) < 4.78 is 7.08. The van der Waals surface area contributed by atoms with E-state index in [4.69, 9.17) is 4.74 Å². The van der Waals surface area contributed by atoms with E-state index in [1.54, 1.807) is 19.1 Å². The van der Waals surface area contributed by atoms with E-state index in [2.05, 4.69) is 15.6 Å². The number of hydrogen-bond donors (Lipinski definition) is 1. The number of rotatable bonds is 9. The summed E-state index contributed by atoms with van der Waals surface area (Å²) in [6.07, 6.45) is 1.56. The number of nitro benzene ring substituents is 1. The second-order valence-electron chi connectivity index (χ2n) is 6.84. The van der Waals surface area contributed by atoms with Gasteiger partial charge in [-0.1, -0.05) is 29.0 Å². The number of unbranched alkanes of at least 4 members (excludes halogenated alkanes) is 1. The molecule has 0 aliphatic rings. The zero-order valence-corrected chi connectivity index (χ0v) is 16.9. The van der Waals surface area contributed by atoms with Crippen LogP contribution in [-0.4, -0.2) is 39.0 Å². The van der Waals surface area contributed by atoms with Gasteiger partial charge in [-0.25, -0.2) is 4.68 Å². The highest BCUT2D eigenvalue weighted by Gasteiger charge is 2.18. The highest BCUT2D eigenvalue weighted by atomic mass is 16.6. The zero-order chi connectivity index (χ0) is 21.5. The lowest BCUT2D eigenvalue weighted by Crippen LogP contribution is -2.26. The van der Waals surface area contributed by atoms with Crippen LogP contribution in [0.1, 0.15) is 34.6 Å². The smallest absolute Gasteiger partial charge is 0.273 e. The van der Waals surface area contributed by atoms with Gasteiger partial charge in [0.05, 0.1) is 22.9 Å². The summed E-state index contributed by atoms with van der Waals surface area (Å²) in [5.74, 6) is 0.502. The molecule has 0 radical (unpaired) electrons. The monoisotopic (exact) mass is 409 g/mol. The van der Waals surface area contributed by atoms with Crippen molar-refractivity contribution in [3.8, 4) is 11.4 Å². The molecule has 0 atom stereocenters. The Kier molecular flexibility index (Phi) is 6.74. The third kappa shape index (κ3) is 5.19. The van der Waals surface area contributed by atoms with Gasteiger partial charge < -0.3 is 10.1 Å². The van der Waals surface area contributed by atoms with E-state index in [9.17, 15) is 14.9 Å². The van der Waals surface area contributed by atoms with Gasteiger partial charge >= 0.3 is 0 Å². The second kappa shape index (κ2) is 9.64. The van der Waals surface area contributed by atoms with Crippen LogP contribution in [0.25, 0.3) is 5.69 Å². The van der Waals surface area contributed by atoms with Crippen molar-refractivity contribution in [2.45, 2.75) is 26.7 Å². The highest BCUT2D eigenvalue weighted by Crippen LogP contribution is 2.18. The van der Waals surface area contributed by atoms with Crippen molar-refractivity contribution in [2.75, 3.05) is 13.2 Å². The number of carbonyl (C=O) groups excluding carboxylic acids is 1. The summed E-state index contributed by atoms with van der Waals surface area (Å²) in [6.45, 7) is 4.78. The highest BCUT2D eigenvalue weighted by molar-refractivity contribution is 5.93. The first kappa shape index (κ1) is 21.0. The SMILES string of the molecule is Cc1ccc(OCCCCNC(=O)c2nnn(-c3cccc([N+](=O)[O-])c3)c2C)cc1. The number of non-ortho nitro benzene ring substituents is 1. The molecule has 0 spiro atoms. The topological polar surface area (TPSA) is 112 Å². The molecule has 3 aromatic rings. The number of ether oxygens (including phenoxy) is 1. The fraction of sp³-hybridized carbons (Fsp3) is 0.286. The Labute approximate surface area is 173 Å². The van der Waals surface area contributed by atoms with Crippen molar-refractivity contribution in [1.82, 2.24) is 20.3 Å². The molecule has 0 aliphatic heterocycles. The van der Waals surface area contributed by atoms with Crippen LogP contribution >= 0.6 is 0 Å². The summed E-state index contributed by atoms with van der Waals surface area (Å²) in [5.41, 5.74) is 2.30. The van der Waals surface area contributed by atoms with Gasteiger partial charge in [0.2, 0.25) is 0 Å². The van der Waals surface area contributed by atoms with Gasteiger partial charge in [0.15, 0.2) is 5.69 Å². The van der Waals surface area contributed by atoms with Gasteiger partial charge in [-0.3, -0.25) is 14.9 Å². The van der Waals surface area contributed by atoms with Gasteiger partial charge in [0.1, 0.15) is 5.75 Å². The van der Waals surface area contributed by atoms with E-state index in [0.29, 0.717) is 24.5 Å². The van der Waals surface area contributed by atoms with Gasteiger partial charge in [0.25, 0.3) is 11.6 Å². The minimum Gasteiger partial charge on any atom is -0.494 e. The fourth-order valence-corrected chi connectivity index (χ4v) is 2.86. The fourth-order valence-electron chi connectivity index (χ4n) is 2.86. The van der Waals surface area contributed by atoms with Crippen LogP contribution in [-0.2, 0) is 0 Å². The Bertz CT molecular complexity index is 1030. The third-order valence-corrected chi connectivity index (χ3v) is 4.54. The average Bonchev–Trinajstić information content (AvgIpc) is 3.13. The molecule has 1 heterocycles. The van der Waals surface area contributed by atoms with Crippen LogP contribution in [0.3, 0.4) is 0 Å². The van der Waals surface area contributed by atoms with E-state index in [-0.39, 0.29) is 17.3 Å². The minimum atomic E-state index is -0.480. The molecule has 30 heavy (non-hydrogen) atoms. The molecule has 0 bridgehead atoms. The lowest BCUT2D eigenvalue weighted by Gasteiger charge is -2.07. The van der Waals surface area contributed by atoms with E-state index < -0.39 is 4.92 Å². The third-order valence-electron chi connectivity index (χ3n) is 4.54. The number of carbonyl (C=O) groups is 1. The maximum absolute atomic E-state index is 12.4. The first-order valence-corrected chi connectivity index (χ1v) is 9.60. The molecule has 2 aromatic carbocycles. The Morgan fingerprint density at radius 3 is 2.67 bits per heavy atom. The number of aromatic nitrogens is 3. The number of amides is 1. The molecule has 3 rings (SSSR count). The number of hydrogen-bond acceptors (Lipinski definition) is 6. The van der Waals surface area contributed by atoms with Crippen LogP contribution in [0, 0.1) is 24.0 Å². The van der Waals surface area contributed by atoms with Crippen molar-refractivity contribution in [2.24, 2.45) is 0 Å². The van der Waals surface area contributed by atoms with Crippen LogP contribution < -0.4 is 10.1 Å². The van der Waals surface area contributed by atoms with Gasteiger partial charge in [-0.05, 0) is 44.9 Å². The van der Waals surface area contributed by atoms with Crippen LogP contribution in [0.2, 0.25) is 0 Å². The summed E-state index contributed by atoms with van der Waals surface area (Å²) >= 11 is 0. The quantitative estimate of drug-likeness (QED) is 0.329. The molecule has 0 aliphatic carbocycles. The molecule has 9 nitrogen and oxygen atoms in total. The first-order valence-electron chi connectivity index (χ1n) is 9.60. The van der Waals surface area contributed by atoms with E-state index in [0.717, 1.165) is 18.6 Å². The van der Waals surface area contributed by atoms with Crippen molar-refractivity contribution >= 4 is 11.6 Å². The maximum Gasteiger partial charge on any atom is 0.273 e. The van der Waals surface area contributed by atoms with Crippen LogP contribution in [0.4, 0.5) is 5.69 Å². The summed E-state index contributed by atoms with van der Waals surface area (Å²) in [5, 5.41) is 21.7. The predicted molar refractivity (Wildman–Crippen MR) is 111 cm³/mol. The molecule has 1 aromatic heterocycles. The normalized spacial score (nSPS) is 10.6. The summed E-state index contributed by atoms with van der Waals surface area (Å²) in [7, 11) is 0. The van der Waals surface area contributed by atoms with Crippen molar-refractivity contribution in [3.63, 3.8) is 0 Å². The lowest BCUT2D eigenvalue weighted by atomic mass is 10.2. The number of benzene rings is 2. The van der Waals surface area contributed by atoms with E-state index >= 15 is 0 Å². The molecule has 1 N–H and O–H groups in total. The number of nitrogens with zero attached hydrogens (tertiary/aromatic N) is 4. The molecule has 156 valence electrons. The van der Waals surface area contributed by atoms with Gasteiger partial charge in [-0.2, -0.15) is 0 Å². The Balaban J connectivity index is 1.48. The van der Waals surface area contributed by atoms with Gasteiger partial charge in [0, 0.05) is 18.7 Å². The predicted octanol–water partition coefficient (Wildman–Crippen LogP) is 3.38. The van der Waals surface area contributed by atoms with E-state index in [1.165, 1.54) is 22.4 Å².